The Balaban J connectivity index is 1.19. The molecule has 40 heavy (non-hydrogen) atoms. The molecule has 1 atom stereocenters. The van der Waals surface area contributed by atoms with Gasteiger partial charge in [-0.1, -0.05) is 54.6 Å². The fourth-order valence-electron chi connectivity index (χ4n) is 5.35. The Morgan fingerprint density at radius 3 is 2.23 bits per heavy atom. The van der Waals surface area contributed by atoms with E-state index in [0.717, 1.165) is 47.8 Å². The lowest BCUT2D eigenvalue weighted by Gasteiger charge is -2.30. The molecule has 1 aromatic heterocycles. The second-order valence-corrected chi connectivity index (χ2v) is 10.6. The molecule has 0 aliphatic heterocycles. The number of aromatic nitrogens is 2. The van der Waals surface area contributed by atoms with E-state index in [9.17, 15) is 9.59 Å². The molecule has 0 bridgehead atoms. The number of nitrogens with zero attached hydrogens (tertiary/aromatic N) is 3. The summed E-state index contributed by atoms with van der Waals surface area (Å²) in [4.78, 5) is 37.5. The number of hydrogen-bond donors (Lipinski definition) is 3. The smallest absolute Gasteiger partial charge is 0.252 e. The SMILES string of the molecule is C[C@@H](NC(=O)c1ccccc1C(=O)N[C@H]1CC[C@@H](Nc2nccc(N(C)C)n2)CC1)c1cccc2ccccc12. The number of rotatable bonds is 8. The van der Waals surface area contributed by atoms with Gasteiger partial charge in [0.2, 0.25) is 5.95 Å². The van der Waals surface area contributed by atoms with Crippen molar-refractivity contribution < 1.29 is 9.59 Å². The van der Waals surface area contributed by atoms with Crippen LogP contribution in [-0.4, -0.2) is 48.0 Å². The summed E-state index contributed by atoms with van der Waals surface area (Å²) in [5.74, 6) is 0.991. The molecule has 0 radical (unpaired) electrons. The van der Waals surface area contributed by atoms with Crippen LogP contribution in [0.5, 0.6) is 0 Å². The predicted molar refractivity (Wildman–Crippen MR) is 160 cm³/mol. The average Bonchev–Trinajstić information content (AvgIpc) is 2.98. The van der Waals surface area contributed by atoms with Crippen LogP contribution >= 0.6 is 0 Å². The van der Waals surface area contributed by atoms with Crippen molar-refractivity contribution in [2.75, 3.05) is 24.3 Å². The fourth-order valence-corrected chi connectivity index (χ4v) is 5.35. The topological polar surface area (TPSA) is 99.2 Å². The molecule has 8 heteroatoms. The lowest BCUT2D eigenvalue weighted by molar-refractivity contribution is 0.0897. The van der Waals surface area contributed by atoms with Crippen molar-refractivity contribution >= 4 is 34.4 Å². The molecule has 8 nitrogen and oxygen atoms in total. The van der Waals surface area contributed by atoms with E-state index in [4.69, 9.17) is 0 Å². The van der Waals surface area contributed by atoms with Gasteiger partial charge in [-0.15, -0.1) is 0 Å². The van der Waals surface area contributed by atoms with Crippen LogP contribution in [-0.2, 0) is 0 Å². The van der Waals surface area contributed by atoms with Crippen molar-refractivity contribution in [3.63, 3.8) is 0 Å². The summed E-state index contributed by atoms with van der Waals surface area (Å²) in [7, 11) is 3.90. The fraction of sp³-hybridized carbons (Fsp3) is 0.312. The van der Waals surface area contributed by atoms with Crippen molar-refractivity contribution in [2.45, 2.75) is 50.7 Å². The molecule has 3 aromatic carbocycles. The Labute approximate surface area is 235 Å². The minimum absolute atomic E-state index is 0.0466. The number of carbonyl (C=O) groups is 2. The Kier molecular flexibility index (Phi) is 8.24. The second-order valence-electron chi connectivity index (χ2n) is 10.6. The van der Waals surface area contributed by atoms with Gasteiger partial charge < -0.3 is 20.9 Å². The van der Waals surface area contributed by atoms with E-state index in [1.54, 1.807) is 30.5 Å². The largest absolute Gasteiger partial charge is 0.363 e. The number of amides is 2. The van der Waals surface area contributed by atoms with Crippen LogP contribution in [0.25, 0.3) is 10.8 Å². The van der Waals surface area contributed by atoms with Crippen molar-refractivity contribution in [1.29, 1.82) is 0 Å². The predicted octanol–water partition coefficient (Wildman–Crippen LogP) is 5.34. The Morgan fingerprint density at radius 1 is 0.825 bits per heavy atom. The molecule has 0 spiro atoms. The highest BCUT2D eigenvalue weighted by Crippen LogP contribution is 2.25. The molecular weight excluding hydrogens is 500 g/mol. The van der Waals surface area contributed by atoms with Gasteiger partial charge in [-0.05, 0) is 67.1 Å². The quantitative estimate of drug-likeness (QED) is 0.281. The van der Waals surface area contributed by atoms with E-state index in [1.165, 1.54) is 0 Å². The average molecular weight is 537 g/mol. The van der Waals surface area contributed by atoms with Crippen LogP contribution in [0.1, 0.15) is 64.9 Å². The van der Waals surface area contributed by atoms with Crippen molar-refractivity contribution in [1.82, 2.24) is 20.6 Å². The van der Waals surface area contributed by atoms with Gasteiger partial charge in [0.1, 0.15) is 5.82 Å². The van der Waals surface area contributed by atoms with Crippen molar-refractivity contribution in [3.8, 4) is 0 Å². The zero-order valence-corrected chi connectivity index (χ0v) is 23.2. The van der Waals surface area contributed by atoms with Crippen LogP contribution in [0.2, 0.25) is 0 Å². The zero-order valence-electron chi connectivity index (χ0n) is 23.2. The second kappa shape index (κ2) is 12.2. The van der Waals surface area contributed by atoms with E-state index >= 15 is 0 Å². The molecule has 1 aliphatic carbocycles. The number of hydrogen-bond acceptors (Lipinski definition) is 6. The van der Waals surface area contributed by atoms with Crippen molar-refractivity contribution in [3.05, 3.63) is 95.7 Å². The van der Waals surface area contributed by atoms with Gasteiger partial charge in [0, 0.05) is 32.4 Å². The van der Waals surface area contributed by atoms with E-state index in [0.29, 0.717) is 17.1 Å². The standard InChI is InChI=1S/C32H36N6O2/c1-21(25-14-8-10-22-9-4-5-11-26(22)25)34-30(39)27-12-6-7-13-28(27)31(40)35-23-15-17-24(18-16-23)36-32-33-20-19-29(37-32)38(2)3/h4-14,19-21,23-24H,15-18H2,1-3H3,(H,34,39)(H,35,40)(H,33,36,37)/t21-,23-,24+/m1/s1. The number of fused-ring (bicyclic) bond motifs is 1. The summed E-state index contributed by atoms with van der Waals surface area (Å²) >= 11 is 0. The van der Waals surface area contributed by atoms with Crippen LogP contribution in [0.4, 0.5) is 11.8 Å². The molecular formula is C32H36N6O2. The summed E-state index contributed by atoms with van der Waals surface area (Å²) < 4.78 is 0. The monoisotopic (exact) mass is 536 g/mol. The normalized spacial score (nSPS) is 17.6. The lowest BCUT2D eigenvalue weighted by atomic mass is 9.91. The van der Waals surface area contributed by atoms with Gasteiger partial charge in [-0.25, -0.2) is 4.98 Å². The highest BCUT2D eigenvalue weighted by Gasteiger charge is 2.25. The first kappa shape index (κ1) is 27.1. The molecule has 1 heterocycles. The third-order valence-electron chi connectivity index (χ3n) is 7.55. The van der Waals surface area contributed by atoms with Crippen LogP contribution in [0.3, 0.4) is 0 Å². The number of nitrogens with one attached hydrogen (secondary N) is 3. The molecule has 0 unspecified atom stereocenters. The maximum Gasteiger partial charge on any atom is 0.252 e. The maximum absolute atomic E-state index is 13.4. The van der Waals surface area contributed by atoms with E-state index in [1.807, 2.05) is 56.3 Å². The molecule has 1 saturated carbocycles. The summed E-state index contributed by atoms with van der Waals surface area (Å²) in [5, 5.41) is 11.9. The van der Waals surface area contributed by atoms with Gasteiger partial charge in [-0.2, -0.15) is 4.98 Å². The minimum atomic E-state index is -0.265. The first-order valence-corrected chi connectivity index (χ1v) is 13.8. The van der Waals surface area contributed by atoms with Crippen molar-refractivity contribution in [2.24, 2.45) is 0 Å². The van der Waals surface area contributed by atoms with E-state index in [2.05, 4.69) is 44.1 Å². The van der Waals surface area contributed by atoms with Gasteiger partial charge >= 0.3 is 0 Å². The Bertz CT molecular complexity index is 1490. The zero-order chi connectivity index (χ0) is 28.1. The summed E-state index contributed by atoms with van der Waals surface area (Å²) in [6.45, 7) is 1.97. The lowest BCUT2D eigenvalue weighted by Crippen LogP contribution is -2.41. The third-order valence-corrected chi connectivity index (χ3v) is 7.55. The summed E-state index contributed by atoms with van der Waals surface area (Å²) in [6, 6.07) is 23.2. The molecule has 5 rings (SSSR count). The summed E-state index contributed by atoms with van der Waals surface area (Å²) in [5.41, 5.74) is 1.80. The molecule has 206 valence electrons. The first-order valence-electron chi connectivity index (χ1n) is 13.8. The molecule has 4 aromatic rings. The summed E-state index contributed by atoms with van der Waals surface area (Å²) in [6.07, 6.45) is 5.22. The van der Waals surface area contributed by atoms with Gasteiger partial charge in [0.15, 0.2) is 0 Å². The van der Waals surface area contributed by atoms with Gasteiger partial charge in [0.05, 0.1) is 17.2 Å². The highest BCUT2D eigenvalue weighted by atomic mass is 16.2. The van der Waals surface area contributed by atoms with Gasteiger partial charge in [0.25, 0.3) is 11.8 Å². The van der Waals surface area contributed by atoms with Crippen LogP contribution in [0, 0.1) is 0 Å². The van der Waals surface area contributed by atoms with Crippen LogP contribution < -0.4 is 20.9 Å². The molecule has 0 saturated heterocycles. The van der Waals surface area contributed by atoms with Gasteiger partial charge in [-0.3, -0.25) is 9.59 Å². The Morgan fingerprint density at radius 2 is 1.48 bits per heavy atom. The molecule has 2 amide bonds. The number of benzene rings is 3. The number of anilines is 2. The Hall–Kier alpha value is -4.46. The molecule has 1 aliphatic rings. The highest BCUT2D eigenvalue weighted by molar-refractivity contribution is 6.07. The number of carbonyl (C=O) groups excluding carboxylic acids is 2. The van der Waals surface area contributed by atoms with E-state index in [-0.39, 0.29) is 29.9 Å². The van der Waals surface area contributed by atoms with E-state index < -0.39 is 0 Å². The minimum Gasteiger partial charge on any atom is -0.363 e. The molecule has 1 fully saturated rings. The maximum atomic E-state index is 13.4. The molecule has 3 N–H and O–H groups in total. The van der Waals surface area contributed by atoms with Crippen LogP contribution in [0.15, 0.2) is 79.0 Å². The first-order chi connectivity index (χ1) is 19.4. The third kappa shape index (κ3) is 6.22.